The highest BCUT2D eigenvalue weighted by molar-refractivity contribution is 5.76. The average molecular weight is 516 g/mol. The lowest BCUT2D eigenvalue weighted by molar-refractivity contribution is -0.345. The van der Waals surface area contributed by atoms with Gasteiger partial charge in [0.25, 0.3) is 5.79 Å². The molecule has 0 aliphatic carbocycles. The second kappa shape index (κ2) is 11.5. The minimum Gasteiger partial charge on any atom is -0.477 e. The number of carbonyl (C=O) groups is 1. The second-order valence-corrected chi connectivity index (χ2v) is 8.50. The van der Waals surface area contributed by atoms with Crippen LogP contribution in [0.3, 0.4) is 0 Å². The first-order valence-electron chi connectivity index (χ1n) is 10.8. The minimum absolute atomic E-state index is 0.642. The van der Waals surface area contributed by atoms with Crippen LogP contribution in [0.4, 0.5) is 0 Å². The summed E-state index contributed by atoms with van der Waals surface area (Å²) in [6, 6.07) is 0. The number of aliphatic carboxylic acids is 1. The van der Waals surface area contributed by atoms with Gasteiger partial charge in [-0.2, -0.15) is 0 Å². The van der Waals surface area contributed by atoms with E-state index < -0.39 is 112 Å². The summed E-state index contributed by atoms with van der Waals surface area (Å²) in [4.78, 5) is 12.3. The SMILES string of the molecule is COC1OC(CO)C(OC2(C(=O)O)CC(O)C(O)C(C(O)CO)O2)C1OC1OC(CO)C(O)C1O. The first-order valence-corrected chi connectivity index (χ1v) is 10.8. The highest BCUT2D eigenvalue weighted by Gasteiger charge is 2.60. The van der Waals surface area contributed by atoms with E-state index in [9.17, 15) is 50.8 Å². The van der Waals surface area contributed by atoms with E-state index in [1.165, 1.54) is 7.11 Å². The molecule has 13 unspecified atom stereocenters. The predicted octanol–water partition coefficient (Wildman–Crippen LogP) is -5.80. The number of ether oxygens (including phenoxy) is 6. The molecule has 9 N–H and O–H groups in total. The topological polar surface area (TPSA) is 255 Å². The Kier molecular flexibility index (Phi) is 9.38. The van der Waals surface area contributed by atoms with E-state index in [-0.39, 0.29) is 0 Å². The normalized spacial score (nSPS) is 47.2. The Balaban J connectivity index is 1.90. The molecule has 0 aromatic heterocycles. The molecule has 16 nitrogen and oxygen atoms in total. The average Bonchev–Trinajstić information content (AvgIpc) is 3.31. The van der Waals surface area contributed by atoms with Gasteiger partial charge < -0.3 is 74.4 Å². The van der Waals surface area contributed by atoms with Crippen molar-refractivity contribution in [3.8, 4) is 0 Å². The molecule has 0 spiro atoms. The summed E-state index contributed by atoms with van der Waals surface area (Å²) in [5.74, 6) is -4.49. The van der Waals surface area contributed by atoms with E-state index in [1.54, 1.807) is 0 Å². The van der Waals surface area contributed by atoms with Crippen LogP contribution in [0.2, 0.25) is 0 Å². The molecule has 3 saturated heterocycles. The van der Waals surface area contributed by atoms with E-state index in [1.807, 2.05) is 0 Å². The molecule has 0 bridgehead atoms. The van der Waals surface area contributed by atoms with Gasteiger partial charge in [-0.15, -0.1) is 0 Å². The molecule has 0 aromatic rings. The van der Waals surface area contributed by atoms with E-state index in [0.29, 0.717) is 0 Å². The molecule has 3 rings (SSSR count). The molecule has 35 heavy (non-hydrogen) atoms. The van der Waals surface area contributed by atoms with E-state index in [4.69, 9.17) is 28.4 Å². The lowest BCUT2D eigenvalue weighted by atomic mass is 9.92. The Hall–Kier alpha value is -1.09. The Morgan fingerprint density at radius 1 is 0.971 bits per heavy atom. The van der Waals surface area contributed by atoms with Gasteiger partial charge in [0.05, 0.1) is 25.9 Å². The Labute approximate surface area is 198 Å². The lowest BCUT2D eigenvalue weighted by Gasteiger charge is -2.45. The van der Waals surface area contributed by atoms with Gasteiger partial charge in [0.2, 0.25) is 0 Å². The molecule has 0 amide bonds. The molecule has 0 aromatic carbocycles. The van der Waals surface area contributed by atoms with Crippen LogP contribution < -0.4 is 0 Å². The van der Waals surface area contributed by atoms with Crippen LogP contribution in [0.5, 0.6) is 0 Å². The molecule has 3 fully saturated rings. The van der Waals surface area contributed by atoms with Gasteiger partial charge in [-0.3, -0.25) is 0 Å². The fraction of sp³-hybridized carbons (Fsp3) is 0.947. The van der Waals surface area contributed by atoms with Crippen LogP contribution in [0, 0.1) is 0 Å². The molecular formula is C19H32O16. The van der Waals surface area contributed by atoms with E-state index >= 15 is 0 Å². The number of aliphatic hydroxyl groups excluding tert-OH is 8. The first kappa shape index (κ1) is 28.5. The van der Waals surface area contributed by atoms with Crippen molar-refractivity contribution in [1.82, 2.24) is 0 Å². The van der Waals surface area contributed by atoms with Crippen molar-refractivity contribution in [3.63, 3.8) is 0 Å². The molecule has 13 atom stereocenters. The Bertz CT molecular complexity index is 710. The third-order valence-corrected chi connectivity index (χ3v) is 6.22. The molecule has 3 aliphatic heterocycles. The van der Waals surface area contributed by atoms with E-state index in [0.717, 1.165) is 0 Å². The lowest BCUT2D eigenvalue weighted by Crippen LogP contribution is -2.64. The fourth-order valence-corrected chi connectivity index (χ4v) is 4.29. The number of hydrogen-bond acceptors (Lipinski definition) is 15. The zero-order valence-corrected chi connectivity index (χ0v) is 18.6. The molecule has 204 valence electrons. The summed E-state index contributed by atoms with van der Waals surface area (Å²) in [5.41, 5.74) is 0. The van der Waals surface area contributed by atoms with Crippen molar-refractivity contribution in [2.24, 2.45) is 0 Å². The van der Waals surface area contributed by atoms with Gasteiger partial charge in [-0.1, -0.05) is 0 Å². The molecule has 3 heterocycles. The van der Waals surface area contributed by atoms with Crippen LogP contribution in [0.15, 0.2) is 0 Å². The number of rotatable bonds is 10. The van der Waals surface area contributed by atoms with Gasteiger partial charge in [0.1, 0.15) is 54.9 Å². The van der Waals surface area contributed by atoms with Gasteiger partial charge in [-0.25, -0.2) is 4.79 Å². The first-order chi connectivity index (χ1) is 16.5. The van der Waals surface area contributed by atoms with Crippen molar-refractivity contribution in [2.45, 2.75) is 85.8 Å². The van der Waals surface area contributed by atoms with Crippen molar-refractivity contribution in [1.29, 1.82) is 0 Å². The van der Waals surface area contributed by atoms with Crippen LogP contribution >= 0.6 is 0 Å². The number of methoxy groups -OCH3 is 1. The maximum atomic E-state index is 12.3. The third kappa shape index (κ3) is 5.46. The quantitative estimate of drug-likeness (QED) is 0.131. The molecule has 16 heteroatoms. The Morgan fingerprint density at radius 3 is 2.11 bits per heavy atom. The highest BCUT2D eigenvalue weighted by Crippen LogP contribution is 2.39. The maximum absolute atomic E-state index is 12.3. The number of aliphatic hydroxyl groups is 8. The number of hydrogen-bond donors (Lipinski definition) is 9. The van der Waals surface area contributed by atoms with Crippen molar-refractivity contribution >= 4 is 5.97 Å². The third-order valence-electron chi connectivity index (χ3n) is 6.22. The van der Waals surface area contributed by atoms with Gasteiger partial charge >= 0.3 is 5.97 Å². The summed E-state index contributed by atoms with van der Waals surface area (Å²) in [6.07, 6.45) is -19.3. The van der Waals surface area contributed by atoms with Crippen LogP contribution in [-0.4, -0.2) is 158 Å². The summed E-state index contributed by atoms with van der Waals surface area (Å²) in [5, 5.41) is 88.9. The van der Waals surface area contributed by atoms with Crippen molar-refractivity contribution in [2.75, 3.05) is 26.9 Å². The van der Waals surface area contributed by atoms with Crippen molar-refractivity contribution in [3.05, 3.63) is 0 Å². The Morgan fingerprint density at radius 2 is 1.60 bits per heavy atom. The zero-order chi connectivity index (χ0) is 26.1. The summed E-state index contributed by atoms with van der Waals surface area (Å²) < 4.78 is 32.7. The highest BCUT2D eigenvalue weighted by atomic mass is 16.8. The van der Waals surface area contributed by atoms with Gasteiger partial charge in [-0.05, 0) is 0 Å². The standard InChI is InChI=1S/C19H32O16/c1-30-17-15(33-16-12(27)11(26)8(4-21)31-16)14(9(5-22)32-17)35-19(18(28)29)2-6(23)10(25)13(34-19)7(24)3-20/h6-17,20-27H,2-5H2,1H3,(H,28,29). The summed E-state index contributed by atoms with van der Waals surface area (Å²) >= 11 is 0. The number of carboxylic acid groups (broad SMARTS) is 1. The monoisotopic (exact) mass is 516 g/mol. The molecule has 3 aliphatic rings. The molecular weight excluding hydrogens is 484 g/mol. The zero-order valence-electron chi connectivity index (χ0n) is 18.6. The molecule has 0 saturated carbocycles. The van der Waals surface area contributed by atoms with Crippen LogP contribution in [0.25, 0.3) is 0 Å². The summed E-state index contributed by atoms with van der Waals surface area (Å²) in [6.45, 7) is -2.31. The fourth-order valence-electron chi connectivity index (χ4n) is 4.29. The van der Waals surface area contributed by atoms with Crippen LogP contribution in [0.1, 0.15) is 6.42 Å². The minimum atomic E-state index is -2.71. The molecule has 0 radical (unpaired) electrons. The van der Waals surface area contributed by atoms with E-state index in [2.05, 4.69) is 0 Å². The largest absolute Gasteiger partial charge is 0.477 e. The van der Waals surface area contributed by atoms with Crippen LogP contribution in [-0.2, 0) is 33.2 Å². The van der Waals surface area contributed by atoms with Gasteiger partial charge in [0.15, 0.2) is 12.6 Å². The number of carboxylic acids is 1. The smallest absolute Gasteiger partial charge is 0.364 e. The second-order valence-electron chi connectivity index (χ2n) is 8.50. The maximum Gasteiger partial charge on any atom is 0.364 e. The summed E-state index contributed by atoms with van der Waals surface area (Å²) in [7, 11) is 1.20. The predicted molar refractivity (Wildman–Crippen MR) is 105 cm³/mol. The van der Waals surface area contributed by atoms with Gasteiger partial charge in [0, 0.05) is 13.5 Å². The van der Waals surface area contributed by atoms with Crippen molar-refractivity contribution < 1.29 is 79.2 Å².